The molecular formula is C22H36O4. The minimum absolute atomic E-state index is 0.0559. The van der Waals surface area contributed by atoms with Crippen molar-refractivity contribution in [2.24, 2.45) is 40.4 Å². The molecule has 0 aromatic heterocycles. The van der Waals surface area contributed by atoms with Crippen LogP contribution in [0.25, 0.3) is 0 Å². The van der Waals surface area contributed by atoms with Crippen LogP contribution in [-0.2, 0) is 9.53 Å². The largest absolute Gasteiger partial charge is 0.462 e. The number of aliphatic hydroxyl groups excluding tert-OH is 2. The van der Waals surface area contributed by atoms with Gasteiger partial charge in [0.25, 0.3) is 0 Å². The third-order valence-electron chi connectivity index (χ3n) is 9.36. The van der Waals surface area contributed by atoms with Crippen molar-refractivity contribution in [2.75, 3.05) is 6.61 Å². The lowest BCUT2D eigenvalue weighted by atomic mass is 9.43. The van der Waals surface area contributed by atoms with Crippen LogP contribution >= 0.6 is 0 Å². The second kappa shape index (κ2) is 6.48. The lowest BCUT2D eigenvalue weighted by molar-refractivity contribution is -0.172. The third kappa shape index (κ3) is 2.58. The van der Waals surface area contributed by atoms with Gasteiger partial charge in [0, 0.05) is 24.9 Å². The number of fused-ring (bicyclic) bond motifs is 5. The Labute approximate surface area is 157 Å². The fraction of sp³-hybridized carbons (Fsp3) is 0.955. The minimum atomic E-state index is -0.330. The first-order valence-electron chi connectivity index (χ1n) is 10.8. The zero-order valence-corrected chi connectivity index (χ0v) is 16.6. The summed E-state index contributed by atoms with van der Waals surface area (Å²) in [6, 6.07) is 0. The summed E-state index contributed by atoms with van der Waals surface area (Å²) in [6.07, 6.45) is 8.57. The first-order chi connectivity index (χ1) is 12.3. The Balaban J connectivity index is 1.59. The van der Waals surface area contributed by atoms with E-state index >= 15 is 0 Å². The molecular weight excluding hydrogens is 328 g/mol. The zero-order chi connectivity index (χ0) is 18.7. The molecule has 4 rings (SSSR count). The molecule has 0 amide bonds. The van der Waals surface area contributed by atoms with E-state index < -0.39 is 0 Å². The summed E-state index contributed by atoms with van der Waals surface area (Å²) < 4.78 is 5.74. The molecule has 0 unspecified atom stereocenters. The molecule has 4 fully saturated rings. The van der Waals surface area contributed by atoms with Crippen LogP contribution in [-0.4, -0.2) is 35.0 Å². The Bertz CT molecular complexity index is 562. The summed E-state index contributed by atoms with van der Waals surface area (Å²) in [5.74, 6) is 2.43. The van der Waals surface area contributed by atoms with E-state index in [0.717, 1.165) is 32.1 Å². The van der Waals surface area contributed by atoms with Gasteiger partial charge in [-0.2, -0.15) is 0 Å². The van der Waals surface area contributed by atoms with Gasteiger partial charge < -0.3 is 14.9 Å². The van der Waals surface area contributed by atoms with E-state index in [-0.39, 0.29) is 41.5 Å². The van der Waals surface area contributed by atoms with Gasteiger partial charge in [-0.3, -0.25) is 4.79 Å². The first-order valence-corrected chi connectivity index (χ1v) is 10.8. The monoisotopic (exact) mass is 364 g/mol. The topological polar surface area (TPSA) is 66.8 Å². The van der Waals surface area contributed by atoms with Gasteiger partial charge in [0.1, 0.15) is 6.10 Å². The molecule has 0 bridgehead atoms. The van der Waals surface area contributed by atoms with Gasteiger partial charge in [0.2, 0.25) is 0 Å². The van der Waals surface area contributed by atoms with Crippen LogP contribution in [0.1, 0.15) is 72.1 Å². The van der Waals surface area contributed by atoms with Crippen molar-refractivity contribution in [3.8, 4) is 0 Å². The van der Waals surface area contributed by atoms with E-state index in [0.29, 0.717) is 23.7 Å². The molecule has 0 radical (unpaired) electrons. The number of ether oxygens (including phenoxy) is 1. The molecule has 0 aromatic carbocycles. The van der Waals surface area contributed by atoms with Gasteiger partial charge in [-0.15, -0.1) is 0 Å². The molecule has 4 heteroatoms. The molecule has 0 aromatic rings. The Morgan fingerprint density at radius 3 is 2.31 bits per heavy atom. The molecule has 2 N–H and O–H groups in total. The van der Waals surface area contributed by atoms with Crippen molar-refractivity contribution in [3.63, 3.8) is 0 Å². The van der Waals surface area contributed by atoms with E-state index in [1.54, 1.807) is 0 Å². The number of carbonyl (C=O) groups is 1. The SMILES string of the molecule is CC(=O)O[C@H]1CC[C@H]2[C@@H]3CC[C@H]4[C@@H](CO)[C@@H](O)CC[C@]4(C)[C@H]3CC[C@]12C. The highest BCUT2D eigenvalue weighted by Gasteiger charge is 2.62. The summed E-state index contributed by atoms with van der Waals surface area (Å²) in [5, 5.41) is 20.3. The van der Waals surface area contributed by atoms with E-state index in [1.165, 1.54) is 26.2 Å². The number of hydrogen-bond donors (Lipinski definition) is 2. The van der Waals surface area contributed by atoms with Gasteiger partial charge in [-0.1, -0.05) is 13.8 Å². The fourth-order valence-electron chi connectivity index (χ4n) is 8.10. The molecule has 26 heavy (non-hydrogen) atoms. The van der Waals surface area contributed by atoms with Crippen LogP contribution in [0.5, 0.6) is 0 Å². The molecule has 0 saturated heterocycles. The molecule has 148 valence electrons. The molecule has 4 aliphatic rings. The number of rotatable bonds is 2. The number of aliphatic hydroxyl groups is 2. The summed E-state index contributed by atoms with van der Waals surface area (Å²) in [7, 11) is 0. The lowest BCUT2D eigenvalue weighted by Gasteiger charge is -2.62. The molecule has 4 aliphatic carbocycles. The Kier molecular flexibility index (Phi) is 4.67. The predicted octanol–water partition coefficient (Wildman–Crippen LogP) is 3.54. The van der Waals surface area contributed by atoms with E-state index in [2.05, 4.69) is 13.8 Å². The van der Waals surface area contributed by atoms with Gasteiger partial charge >= 0.3 is 5.97 Å². The summed E-state index contributed by atoms with van der Waals surface area (Å²) >= 11 is 0. The Hall–Kier alpha value is -0.610. The maximum Gasteiger partial charge on any atom is 0.302 e. The van der Waals surface area contributed by atoms with Crippen molar-refractivity contribution in [2.45, 2.75) is 84.3 Å². The second-order valence-electron chi connectivity index (χ2n) is 10.2. The van der Waals surface area contributed by atoms with Crippen LogP contribution in [0.3, 0.4) is 0 Å². The van der Waals surface area contributed by atoms with Gasteiger partial charge in [0.05, 0.1) is 6.10 Å². The van der Waals surface area contributed by atoms with Gasteiger partial charge in [0.15, 0.2) is 0 Å². The average molecular weight is 365 g/mol. The van der Waals surface area contributed by atoms with Crippen molar-refractivity contribution in [1.82, 2.24) is 0 Å². The van der Waals surface area contributed by atoms with E-state index in [1.807, 2.05) is 0 Å². The zero-order valence-electron chi connectivity index (χ0n) is 16.6. The summed E-state index contributed by atoms with van der Waals surface area (Å²) in [5.41, 5.74) is 0.386. The molecule has 4 saturated carbocycles. The quantitative estimate of drug-likeness (QED) is 0.736. The highest BCUT2D eigenvalue weighted by molar-refractivity contribution is 5.66. The van der Waals surface area contributed by atoms with Crippen LogP contribution in [0.15, 0.2) is 0 Å². The van der Waals surface area contributed by atoms with Crippen molar-refractivity contribution in [3.05, 3.63) is 0 Å². The van der Waals surface area contributed by atoms with Crippen LogP contribution < -0.4 is 0 Å². The predicted molar refractivity (Wildman–Crippen MR) is 99.2 cm³/mol. The highest BCUT2D eigenvalue weighted by Crippen LogP contribution is 2.67. The van der Waals surface area contributed by atoms with Crippen molar-refractivity contribution in [1.29, 1.82) is 0 Å². The molecule has 0 aliphatic heterocycles. The lowest BCUT2D eigenvalue weighted by Crippen LogP contribution is -2.57. The summed E-state index contributed by atoms with van der Waals surface area (Å²) in [4.78, 5) is 11.6. The average Bonchev–Trinajstić information content (AvgIpc) is 2.91. The minimum Gasteiger partial charge on any atom is -0.462 e. The van der Waals surface area contributed by atoms with Gasteiger partial charge in [-0.25, -0.2) is 0 Å². The smallest absolute Gasteiger partial charge is 0.302 e. The molecule has 4 nitrogen and oxygen atoms in total. The third-order valence-corrected chi connectivity index (χ3v) is 9.36. The maximum atomic E-state index is 11.6. The van der Waals surface area contributed by atoms with E-state index in [4.69, 9.17) is 4.74 Å². The number of carbonyl (C=O) groups excluding carboxylic acids is 1. The molecule has 9 atom stereocenters. The summed E-state index contributed by atoms with van der Waals surface area (Å²) in [6.45, 7) is 6.47. The van der Waals surface area contributed by atoms with Crippen molar-refractivity contribution < 1.29 is 19.7 Å². The Morgan fingerprint density at radius 2 is 1.62 bits per heavy atom. The molecule has 0 spiro atoms. The normalized spacial score (nSPS) is 53.3. The fourth-order valence-corrected chi connectivity index (χ4v) is 8.10. The maximum absolute atomic E-state index is 11.6. The van der Waals surface area contributed by atoms with Crippen LogP contribution in [0.2, 0.25) is 0 Å². The standard InChI is InChI=1S/C22H36O4/c1-13(24)26-20-7-6-16-14-4-5-17-15(12-23)19(25)9-11-21(17,2)18(14)8-10-22(16,20)3/h14-20,23,25H,4-12H2,1-3H3/t14-,15+,16-,17-,18-,19-,20-,21-,22-/m0/s1. The molecule has 0 heterocycles. The highest BCUT2D eigenvalue weighted by atomic mass is 16.5. The second-order valence-corrected chi connectivity index (χ2v) is 10.2. The number of esters is 1. The van der Waals surface area contributed by atoms with Crippen LogP contribution in [0.4, 0.5) is 0 Å². The number of hydrogen-bond acceptors (Lipinski definition) is 4. The van der Waals surface area contributed by atoms with Gasteiger partial charge in [-0.05, 0) is 80.5 Å². The van der Waals surface area contributed by atoms with Crippen LogP contribution in [0, 0.1) is 40.4 Å². The van der Waals surface area contributed by atoms with Crippen molar-refractivity contribution >= 4 is 5.97 Å². The first kappa shape index (κ1) is 18.7. The Morgan fingerprint density at radius 1 is 0.962 bits per heavy atom. The van der Waals surface area contributed by atoms with E-state index in [9.17, 15) is 15.0 Å².